The normalized spacial score (nSPS) is 11.8. The number of aryl methyl sites for hydroxylation is 1. The minimum Gasteiger partial charge on any atom is -0.464 e. The Hall–Kier alpha value is -1.29. The number of rotatable bonds is 9. The van der Waals surface area contributed by atoms with E-state index in [0.29, 0.717) is 31.0 Å². The maximum absolute atomic E-state index is 12.6. The zero-order chi connectivity index (χ0) is 15.9. The standard InChI is InChI=1S/C15H24N2O3S/c1-5-8-16-12-14-11-15(13(4)20-14)21(18,19)17(9-6-2)10-7-3/h2,11,16H,5,7-10,12H2,1,3-4H3. The summed E-state index contributed by atoms with van der Waals surface area (Å²) < 4.78 is 32.1. The average Bonchev–Trinajstić information content (AvgIpc) is 2.81. The molecule has 0 atom stereocenters. The van der Waals surface area contributed by atoms with Gasteiger partial charge in [0.05, 0.1) is 13.1 Å². The zero-order valence-corrected chi connectivity index (χ0v) is 13.8. The first kappa shape index (κ1) is 17.8. The molecule has 0 radical (unpaired) electrons. The number of furan rings is 1. The summed E-state index contributed by atoms with van der Waals surface area (Å²) in [5, 5.41) is 3.19. The second kappa shape index (κ2) is 8.23. The van der Waals surface area contributed by atoms with Gasteiger partial charge in [0.1, 0.15) is 16.4 Å². The molecule has 1 aromatic rings. The Bertz CT molecular complexity index is 585. The van der Waals surface area contributed by atoms with E-state index in [1.54, 1.807) is 13.0 Å². The summed E-state index contributed by atoms with van der Waals surface area (Å²) in [6.07, 6.45) is 6.99. The summed E-state index contributed by atoms with van der Waals surface area (Å²) in [4.78, 5) is 0.208. The molecule has 118 valence electrons. The molecule has 6 heteroatoms. The van der Waals surface area contributed by atoms with Crippen LogP contribution < -0.4 is 5.32 Å². The molecule has 0 amide bonds. The molecule has 1 heterocycles. The van der Waals surface area contributed by atoms with E-state index < -0.39 is 10.0 Å². The van der Waals surface area contributed by atoms with E-state index in [4.69, 9.17) is 10.8 Å². The van der Waals surface area contributed by atoms with Crippen molar-refractivity contribution in [3.05, 3.63) is 17.6 Å². The fourth-order valence-electron chi connectivity index (χ4n) is 2.03. The van der Waals surface area contributed by atoms with Gasteiger partial charge >= 0.3 is 0 Å². The molecule has 0 aliphatic carbocycles. The SMILES string of the molecule is C#CCN(CCC)S(=O)(=O)c1cc(CNCCC)oc1C. The Morgan fingerprint density at radius 1 is 1.38 bits per heavy atom. The van der Waals surface area contributed by atoms with Crippen molar-refractivity contribution in [1.29, 1.82) is 0 Å². The summed E-state index contributed by atoms with van der Waals surface area (Å²) in [6, 6.07) is 1.59. The van der Waals surface area contributed by atoms with Gasteiger partial charge in [-0.05, 0) is 26.3 Å². The van der Waals surface area contributed by atoms with Gasteiger partial charge in [-0.3, -0.25) is 0 Å². The molecule has 0 aliphatic rings. The highest BCUT2D eigenvalue weighted by Gasteiger charge is 2.27. The van der Waals surface area contributed by atoms with E-state index in [2.05, 4.69) is 18.2 Å². The van der Waals surface area contributed by atoms with Crippen molar-refractivity contribution in [2.45, 2.75) is 45.1 Å². The van der Waals surface area contributed by atoms with Crippen LogP contribution >= 0.6 is 0 Å². The third-order valence-electron chi connectivity index (χ3n) is 3.01. The highest BCUT2D eigenvalue weighted by molar-refractivity contribution is 7.89. The van der Waals surface area contributed by atoms with Gasteiger partial charge in [-0.15, -0.1) is 6.42 Å². The Morgan fingerprint density at radius 3 is 2.67 bits per heavy atom. The van der Waals surface area contributed by atoms with Gasteiger partial charge in [0, 0.05) is 12.6 Å². The van der Waals surface area contributed by atoms with E-state index in [1.165, 1.54) is 4.31 Å². The molecular formula is C15H24N2O3S. The Kier molecular flexibility index (Phi) is 6.96. The molecule has 5 nitrogen and oxygen atoms in total. The van der Waals surface area contributed by atoms with Gasteiger partial charge < -0.3 is 9.73 Å². The van der Waals surface area contributed by atoms with Crippen molar-refractivity contribution in [2.24, 2.45) is 0 Å². The first-order valence-corrected chi connectivity index (χ1v) is 8.65. The molecule has 1 aromatic heterocycles. The van der Waals surface area contributed by atoms with Crippen LogP contribution in [0.5, 0.6) is 0 Å². The van der Waals surface area contributed by atoms with Crippen molar-refractivity contribution >= 4 is 10.0 Å². The van der Waals surface area contributed by atoms with E-state index >= 15 is 0 Å². The van der Waals surface area contributed by atoms with Crippen LogP contribution in [-0.4, -0.2) is 32.4 Å². The van der Waals surface area contributed by atoms with Crippen LogP contribution in [0.25, 0.3) is 0 Å². The van der Waals surface area contributed by atoms with Gasteiger partial charge in [-0.25, -0.2) is 8.42 Å². The third kappa shape index (κ3) is 4.60. The molecule has 0 aromatic carbocycles. The molecule has 0 aliphatic heterocycles. The first-order valence-electron chi connectivity index (χ1n) is 7.21. The Morgan fingerprint density at radius 2 is 2.10 bits per heavy atom. The van der Waals surface area contributed by atoms with Crippen LogP contribution in [0, 0.1) is 19.3 Å². The quantitative estimate of drug-likeness (QED) is 0.560. The second-order valence-corrected chi connectivity index (χ2v) is 6.76. The number of nitrogens with zero attached hydrogens (tertiary/aromatic N) is 1. The molecule has 0 bridgehead atoms. The Balaban J connectivity index is 2.99. The first-order chi connectivity index (χ1) is 9.97. The van der Waals surface area contributed by atoms with Crippen LogP contribution in [0.2, 0.25) is 0 Å². The summed E-state index contributed by atoms with van der Waals surface area (Å²) in [7, 11) is -3.60. The maximum atomic E-state index is 12.6. The number of hydrogen-bond donors (Lipinski definition) is 1. The van der Waals surface area contributed by atoms with Crippen molar-refractivity contribution in [3.8, 4) is 12.3 Å². The van der Waals surface area contributed by atoms with Crippen molar-refractivity contribution in [3.63, 3.8) is 0 Å². The molecule has 1 N–H and O–H groups in total. The molecule has 0 fully saturated rings. The van der Waals surface area contributed by atoms with Crippen molar-refractivity contribution < 1.29 is 12.8 Å². The largest absolute Gasteiger partial charge is 0.464 e. The lowest BCUT2D eigenvalue weighted by Crippen LogP contribution is -2.32. The average molecular weight is 312 g/mol. The number of hydrogen-bond acceptors (Lipinski definition) is 4. The highest BCUT2D eigenvalue weighted by atomic mass is 32.2. The van der Waals surface area contributed by atoms with Gasteiger partial charge in [-0.2, -0.15) is 4.31 Å². The summed E-state index contributed by atoms with van der Waals surface area (Å²) in [6.45, 7) is 7.51. The van der Waals surface area contributed by atoms with Gasteiger partial charge in [-0.1, -0.05) is 19.8 Å². The van der Waals surface area contributed by atoms with Crippen molar-refractivity contribution in [2.75, 3.05) is 19.6 Å². The molecule has 0 spiro atoms. The van der Waals surface area contributed by atoms with E-state index in [0.717, 1.165) is 13.0 Å². The smallest absolute Gasteiger partial charge is 0.247 e. The van der Waals surface area contributed by atoms with Crippen LogP contribution in [-0.2, 0) is 16.6 Å². The predicted octanol–water partition coefficient (Wildman–Crippen LogP) is 2.12. The number of sulfonamides is 1. The van der Waals surface area contributed by atoms with Crippen LogP contribution in [0.1, 0.15) is 38.2 Å². The maximum Gasteiger partial charge on any atom is 0.247 e. The van der Waals surface area contributed by atoms with Gasteiger partial charge in [0.2, 0.25) is 10.0 Å². The lowest BCUT2D eigenvalue weighted by Gasteiger charge is -2.18. The fourth-order valence-corrected chi connectivity index (χ4v) is 3.66. The van der Waals surface area contributed by atoms with Gasteiger partial charge in [0.15, 0.2) is 0 Å². The Labute approximate surface area is 127 Å². The lowest BCUT2D eigenvalue weighted by molar-refractivity contribution is 0.437. The predicted molar refractivity (Wildman–Crippen MR) is 83.3 cm³/mol. The summed E-state index contributed by atoms with van der Waals surface area (Å²) in [5.41, 5.74) is 0. The van der Waals surface area contributed by atoms with E-state index in [-0.39, 0.29) is 11.4 Å². The van der Waals surface area contributed by atoms with Crippen LogP contribution in [0.4, 0.5) is 0 Å². The topological polar surface area (TPSA) is 62.6 Å². The minimum atomic E-state index is -3.60. The van der Waals surface area contributed by atoms with Crippen LogP contribution in [0.3, 0.4) is 0 Å². The molecule has 0 saturated heterocycles. The third-order valence-corrected chi connectivity index (χ3v) is 4.96. The lowest BCUT2D eigenvalue weighted by atomic mass is 10.4. The second-order valence-electron chi connectivity index (χ2n) is 4.85. The minimum absolute atomic E-state index is 0.0736. The monoisotopic (exact) mass is 312 g/mol. The van der Waals surface area contributed by atoms with E-state index in [9.17, 15) is 8.42 Å². The van der Waals surface area contributed by atoms with Gasteiger partial charge in [0.25, 0.3) is 0 Å². The summed E-state index contributed by atoms with van der Waals surface area (Å²) in [5.74, 6) is 3.43. The highest BCUT2D eigenvalue weighted by Crippen LogP contribution is 2.23. The van der Waals surface area contributed by atoms with Crippen molar-refractivity contribution in [1.82, 2.24) is 9.62 Å². The molecule has 0 saturated carbocycles. The molecular weight excluding hydrogens is 288 g/mol. The number of terminal acetylenes is 1. The molecule has 0 unspecified atom stereocenters. The zero-order valence-electron chi connectivity index (χ0n) is 13.0. The molecule has 1 rings (SSSR count). The fraction of sp³-hybridized carbons (Fsp3) is 0.600. The molecule has 21 heavy (non-hydrogen) atoms. The van der Waals surface area contributed by atoms with Crippen LogP contribution in [0.15, 0.2) is 15.4 Å². The number of nitrogens with one attached hydrogen (secondary N) is 1. The van der Waals surface area contributed by atoms with E-state index in [1.807, 2.05) is 6.92 Å². The summed E-state index contributed by atoms with van der Waals surface area (Å²) >= 11 is 0.